The quantitative estimate of drug-likeness (QED) is 0.349. The monoisotopic (exact) mass is 617 g/mol. The second kappa shape index (κ2) is 10.4. The van der Waals surface area contributed by atoms with Crippen LogP contribution < -0.4 is 0 Å². The van der Waals surface area contributed by atoms with E-state index in [0.717, 1.165) is 11.6 Å². The summed E-state index contributed by atoms with van der Waals surface area (Å²) < 4.78 is 71.5. The highest BCUT2D eigenvalue weighted by Crippen LogP contribution is 2.52. The number of nitrogens with zero attached hydrogens (tertiary/aromatic N) is 1. The molecule has 3 unspecified atom stereocenters. The van der Waals surface area contributed by atoms with Crippen molar-refractivity contribution in [3.8, 4) is 0 Å². The molecule has 0 aromatic heterocycles. The molecule has 1 amide bonds. The number of likely N-dealkylation sites (tertiary alicyclic amines) is 1. The molecule has 1 aliphatic heterocycles. The summed E-state index contributed by atoms with van der Waals surface area (Å²) in [6.07, 6.45) is -3.92. The van der Waals surface area contributed by atoms with E-state index < -0.39 is 52.3 Å². The maximum Gasteiger partial charge on any atom is 0.426 e. The Kier molecular flexibility index (Phi) is 7.63. The summed E-state index contributed by atoms with van der Waals surface area (Å²) in [6, 6.07) is 8.62. The molecule has 3 atom stereocenters. The van der Waals surface area contributed by atoms with Crippen molar-refractivity contribution in [1.82, 2.24) is 4.90 Å². The number of amides is 1. The number of aliphatic carboxylic acids is 1. The third-order valence-corrected chi connectivity index (χ3v) is 10.2. The largest absolute Gasteiger partial charge is 0.481 e. The third kappa shape index (κ3) is 5.11. The Bertz CT molecular complexity index is 1370. The smallest absolute Gasteiger partial charge is 0.426 e. The van der Waals surface area contributed by atoms with E-state index in [4.69, 9.17) is 23.2 Å². The molecule has 222 valence electrons. The highest BCUT2D eigenvalue weighted by molar-refractivity contribution is 6.42. The molecule has 1 N–H and O–H groups in total. The minimum Gasteiger partial charge on any atom is -0.481 e. The van der Waals surface area contributed by atoms with Crippen LogP contribution in [0.4, 0.5) is 22.0 Å². The Morgan fingerprint density at radius 1 is 1.00 bits per heavy atom. The van der Waals surface area contributed by atoms with Crippen LogP contribution in [0.15, 0.2) is 36.4 Å². The van der Waals surface area contributed by atoms with Gasteiger partial charge in [-0.1, -0.05) is 47.5 Å². The molecule has 41 heavy (non-hydrogen) atoms. The number of hydrogen-bond donors (Lipinski definition) is 1. The third-order valence-electron chi connectivity index (χ3n) is 9.49. The van der Waals surface area contributed by atoms with Crippen molar-refractivity contribution in [2.24, 2.45) is 5.92 Å². The maximum absolute atomic E-state index is 16.1. The Balaban J connectivity index is 1.53. The van der Waals surface area contributed by atoms with Crippen molar-refractivity contribution in [2.45, 2.75) is 87.3 Å². The van der Waals surface area contributed by atoms with Gasteiger partial charge in [0.1, 0.15) is 0 Å². The predicted molar refractivity (Wildman–Crippen MR) is 145 cm³/mol. The van der Waals surface area contributed by atoms with E-state index in [9.17, 15) is 32.3 Å². The molecule has 1 saturated carbocycles. The number of benzene rings is 2. The molecular formula is C30H30Cl2F5NO3. The Morgan fingerprint density at radius 3 is 2.29 bits per heavy atom. The molecule has 4 nitrogen and oxygen atoms in total. The average Bonchev–Trinajstić information content (AvgIpc) is 3.28. The van der Waals surface area contributed by atoms with Gasteiger partial charge in [-0.3, -0.25) is 9.59 Å². The predicted octanol–water partition coefficient (Wildman–Crippen LogP) is 7.75. The van der Waals surface area contributed by atoms with E-state index in [1.165, 1.54) is 12.1 Å². The molecule has 1 heterocycles. The molecular weight excluding hydrogens is 588 g/mol. The van der Waals surface area contributed by atoms with E-state index in [2.05, 4.69) is 0 Å². The van der Waals surface area contributed by atoms with Crippen molar-refractivity contribution in [3.63, 3.8) is 0 Å². The number of hydrogen-bond acceptors (Lipinski definition) is 2. The van der Waals surface area contributed by atoms with Crippen molar-refractivity contribution < 1.29 is 36.6 Å². The first kappa shape index (κ1) is 30.1. The summed E-state index contributed by atoms with van der Waals surface area (Å²) >= 11 is 12.4. The van der Waals surface area contributed by atoms with Gasteiger partial charge in [-0.25, -0.2) is 8.78 Å². The minimum atomic E-state index is -5.10. The summed E-state index contributed by atoms with van der Waals surface area (Å²) in [4.78, 5) is 26.7. The van der Waals surface area contributed by atoms with Gasteiger partial charge in [0, 0.05) is 18.0 Å². The van der Waals surface area contributed by atoms with Gasteiger partial charge in [-0.05, 0) is 92.7 Å². The number of aryl methyl sites for hydroxylation is 1. The molecule has 5 rings (SSSR count). The fraction of sp³-hybridized carbons (Fsp3) is 0.533. The highest BCUT2D eigenvalue weighted by Gasteiger charge is 2.58. The van der Waals surface area contributed by atoms with E-state index in [1.807, 2.05) is 0 Å². The van der Waals surface area contributed by atoms with Crippen LogP contribution in [0, 0.1) is 5.92 Å². The van der Waals surface area contributed by atoms with Crippen molar-refractivity contribution in [2.75, 3.05) is 6.54 Å². The summed E-state index contributed by atoms with van der Waals surface area (Å²) in [6.45, 7) is 0.727. The van der Waals surface area contributed by atoms with Gasteiger partial charge in [0.2, 0.25) is 5.67 Å². The minimum absolute atomic E-state index is 0.0668. The van der Waals surface area contributed by atoms with Crippen LogP contribution in [0.3, 0.4) is 0 Å². The molecule has 2 aromatic carbocycles. The number of carboxylic acid groups (broad SMARTS) is 1. The zero-order chi connectivity index (χ0) is 30.0. The van der Waals surface area contributed by atoms with Gasteiger partial charge < -0.3 is 10.0 Å². The molecule has 0 spiro atoms. The lowest BCUT2D eigenvalue weighted by Crippen LogP contribution is -2.55. The van der Waals surface area contributed by atoms with Gasteiger partial charge in [0.15, 0.2) is 5.67 Å². The fourth-order valence-corrected chi connectivity index (χ4v) is 7.39. The van der Waals surface area contributed by atoms with Gasteiger partial charge in [0.05, 0.1) is 16.0 Å². The lowest BCUT2D eigenvalue weighted by atomic mass is 9.63. The first-order valence-corrected chi connectivity index (χ1v) is 14.4. The maximum atomic E-state index is 16.1. The number of carboxylic acids is 1. The lowest BCUT2D eigenvalue weighted by molar-refractivity contribution is -0.228. The normalized spacial score (nSPS) is 29.4. The standard InChI is InChI=1S/C30H30Cl2F5NO3/c1-27(33,30(35,36)37)20-4-5-21-19(15-20)3-7-24-28(21,16-17-2-6-22(31)23(32)14-17)12-13-38(24)26(41)29(34)10-8-18(9-11-29)25(39)40/h2,4-6,14-15,18,24H,3,7-13,16H2,1H3,(H,39,40). The first-order valence-electron chi connectivity index (χ1n) is 13.7. The van der Waals surface area contributed by atoms with Crippen LogP contribution in [0.1, 0.15) is 67.7 Å². The summed E-state index contributed by atoms with van der Waals surface area (Å²) in [5.41, 5.74) is -4.92. The van der Waals surface area contributed by atoms with E-state index in [0.29, 0.717) is 47.4 Å². The van der Waals surface area contributed by atoms with Crippen LogP contribution in [0.5, 0.6) is 0 Å². The molecule has 2 aliphatic carbocycles. The topological polar surface area (TPSA) is 57.6 Å². The Morgan fingerprint density at radius 2 is 1.68 bits per heavy atom. The van der Waals surface area contributed by atoms with E-state index in [-0.39, 0.29) is 38.6 Å². The van der Waals surface area contributed by atoms with Crippen LogP contribution >= 0.6 is 23.2 Å². The van der Waals surface area contributed by atoms with Gasteiger partial charge >= 0.3 is 12.1 Å². The van der Waals surface area contributed by atoms with Gasteiger partial charge in [0.25, 0.3) is 5.91 Å². The zero-order valence-corrected chi connectivity index (χ0v) is 23.9. The van der Waals surface area contributed by atoms with E-state index in [1.54, 1.807) is 23.1 Å². The number of fused-ring (bicyclic) bond motifs is 3. The second-order valence-electron chi connectivity index (χ2n) is 11.8. The lowest BCUT2D eigenvalue weighted by Gasteiger charge is -2.45. The summed E-state index contributed by atoms with van der Waals surface area (Å²) in [5.74, 6) is -2.36. The first-order chi connectivity index (χ1) is 19.1. The number of carbonyl (C=O) groups is 2. The second-order valence-corrected chi connectivity index (χ2v) is 12.6. The fourth-order valence-electron chi connectivity index (χ4n) is 7.07. The van der Waals surface area contributed by atoms with Crippen LogP contribution in [-0.2, 0) is 33.5 Å². The molecule has 1 saturated heterocycles. The van der Waals surface area contributed by atoms with Crippen molar-refractivity contribution in [3.05, 3.63) is 68.7 Å². The van der Waals surface area contributed by atoms with Crippen LogP contribution in [0.2, 0.25) is 10.0 Å². The van der Waals surface area contributed by atoms with E-state index >= 15 is 4.39 Å². The molecule has 3 aliphatic rings. The number of carbonyl (C=O) groups excluding carboxylic acids is 1. The molecule has 2 aromatic rings. The SMILES string of the molecule is CC(F)(c1ccc2c(c1)CCC1N(C(=O)C3(F)CCC(C(=O)O)CC3)CCC21Cc1ccc(Cl)c(Cl)c1)C(F)(F)F. The van der Waals surface area contributed by atoms with Gasteiger partial charge in [-0.2, -0.15) is 13.2 Å². The summed E-state index contributed by atoms with van der Waals surface area (Å²) in [7, 11) is 0. The van der Waals surface area contributed by atoms with Crippen LogP contribution in [0.25, 0.3) is 0 Å². The molecule has 0 bridgehead atoms. The Labute approximate surface area is 244 Å². The van der Waals surface area contributed by atoms with Gasteiger partial charge in [-0.15, -0.1) is 0 Å². The number of alkyl halides is 5. The highest BCUT2D eigenvalue weighted by atomic mass is 35.5. The number of rotatable bonds is 5. The average molecular weight is 618 g/mol. The van der Waals surface area contributed by atoms with Crippen LogP contribution in [-0.4, -0.2) is 46.3 Å². The van der Waals surface area contributed by atoms with Crippen molar-refractivity contribution in [1.29, 1.82) is 0 Å². The molecule has 2 fully saturated rings. The summed E-state index contributed by atoms with van der Waals surface area (Å²) in [5, 5.41) is 9.99. The Hall–Kier alpha value is -2.39. The molecule has 11 heteroatoms. The number of halogens is 7. The van der Waals surface area contributed by atoms with Crippen molar-refractivity contribution >= 4 is 35.1 Å². The zero-order valence-electron chi connectivity index (χ0n) is 22.3. The molecule has 0 radical (unpaired) electrons.